The monoisotopic (exact) mass is 343 g/mol. The van der Waals surface area contributed by atoms with Crippen molar-refractivity contribution in [2.45, 2.75) is 26.1 Å². The van der Waals surface area contributed by atoms with E-state index in [2.05, 4.69) is 4.98 Å². The average Bonchev–Trinajstić information content (AvgIpc) is 3.02. The number of cyclic esters (lactones) is 1. The van der Waals surface area contributed by atoms with Gasteiger partial charge in [0.25, 0.3) is 6.47 Å². The van der Waals surface area contributed by atoms with Gasteiger partial charge in [0.15, 0.2) is 12.2 Å². The molecule has 0 saturated carbocycles. The second-order valence-electron chi connectivity index (χ2n) is 5.86. The van der Waals surface area contributed by atoms with E-state index >= 15 is 0 Å². The number of carbonyl (C=O) groups is 2. The quantitative estimate of drug-likeness (QED) is 0.453. The normalized spacial score (nSPS) is 15.8. The second kappa shape index (κ2) is 6.80. The highest BCUT2D eigenvalue weighted by atomic mass is 16.7. The molecule has 0 bridgehead atoms. The Morgan fingerprint density at radius 3 is 2.80 bits per heavy atom. The van der Waals surface area contributed by atoms with Crippen LogP contribution in [-0.2, 0) is 30.2 Å². The lowest BCUT2D eigenvalue weighted by Gasteiger charge is -2.30. The zero-order chi connectivity index (χ0) is 17.9. The minimum absolute atomic E-state index is 0.219. The van der Waals surface area contributed by atoms with Crippen LogP contribution in [0.5, 0.6) is 0 Å². The maximum atomic E-state index is 11.7. The zero-order valence-electron chi connectivity index (χ0n) is 13.9. The van der Waals surface area contributed by atoms with Gasteiger partial charge >= 0.3 is 5.97 Å². The summed E-state index contributed by atoms with van der Waals surface area (Å²) in [6.45, 7) is 3.96. The average molecular weight is 343 g/mol. The van der Waals surface area contributed by atoms with Crippen LogP contribution in [0.2, 0.25) is 0 Å². The van der Waals surface area contributed by atoms with Crippen LogP contribution in [0, 0.1) is 0 Å². The Balaban J connectivity index is 1.89. The minimum atomic E-state index is -1.03. The third-order valence-electron chi connectivity index (χ3n) is 3.53. The molecule has 1 aliphatic heterocycles. The van der Waals surface area contributed by atoms with Gasteiger partial charge < -0.3 is 18.6 Å². The molecule has 0 unspecified atom stereocenters. The lowest BCUT2D eigenvalue weighted by molar-refractivity contribution is -0.193. The summed E-state index contributed by atoms with van der Waals surface area (Å²) in [6.07, 6.45) is 3.09. The van der Waals surface area contributed by atoms with Gasteiger partial charge in [-0.3, -0.25) is 4.79 Å². The Morgan fingerprint density at radius 2 is 2.04 bits per heavy atom. The van der Waals surface area contributed by atoms with Gasteiger partial charge in [0.2, 0.25) is 5.79 Å². The van der Waals surface area contributed by atoms with Crippen molar-refractivity contribution in [3.63, 3.8) is 0 Å². The third-order valence-corrected chi connectivity index (χ3v) is 3.53. The van der Waals surface area contributed by atoms with E-state index in [1.807, 2.05) is 24.3 Å². The smallest absolute Gasteiger partial charge is 0.337 e. The molecular formula is C18H17NO6. The number of hydrogen-bond acceptors (Lipinski definition) is 7. The van der Waals surface area contributed by atoms with Crippen LogP contribution in [0.1, 0.15) is 25.1 Å². The van der Waals surface area contributed by atoms with Gasteiger partial charge in [-0.25, -0.2) is 9.78 Å². The van der Waals surface area contributed by atoms with Crippen molar-refractivity contribution < 1.29 is 28.2 Å². The molecule has 0 atom stereocenters. The molecule has 7 nitrogen and oxygen atoms in total. The topological polar surface area (TPSA) is 87.9 Å². The fourth-order valence-corrected chi connectivity index (χ4v) is 2.54. The number of benzene rings is 1. The minimum Gasteiger partial charge on any atom is -0.467 e. The summed E-state index contributed by atoms with van der Waals surface area (Å²) in [5, 5.41) is 0. The second-order valence-corrected chi connectivity index (χ2v) is 5.86. The Labute approximate surface area is 144 Å². The van der Waals surface area contributed by atoms with Crippen molar-refractivity contribution in [2.24, 2.45) is 0 Å². The van der Waals surface area contributed by atoms with Crippen LogP contribution in [0.4, 0.5) is 0 Å². The molecule has 2 heterocycles. The summed E-state index contributed by atoms with van der Waals surface area (Å²) in [5.74, 6) is -0.480. The molecule has 1 aromatic carbocycles. The van der Waals surface area contributed by atoms with Gasteiger partial charge in [-0.05, 0) is 6.07 Å². The van der Waals surface area contributed by atoms with Gasteiger partial charge in [0.05, 0.1) is 18.4 Å². The molecule has 130 valence electrons. The predicted molar refractivity (Wildman–Crippen MR) is 86.9 cm³/mol. The number of nitrogens with zero attached hydrogens (tertiary/aromatic N) is 1. The van der Waals surface area contributed by atoms with Crippen molar-refractivity contribution in [3.8, 4) is 11.3 Å². The lowest BCUT2D eigenvalue weighted by Crippen LogP contribution is -2.33. The van der Waals surface area contributed by atoms with E-state index in [1.54, 1.807) is 13.8 Å². The van der Waals surface area contributed by atoms with E-state index < -0.39 is 11.8 Å². The number of carbonyl (C=O) groups excluding carboxylic acids is 2. The summed E-state index contributed by atoms with van der Waals surface area (Å²) in [7, 11) is 0. The molecule has 0 spiro atoms. The number of oxazole rings is 1. The SMILES string of the molecule is CC1(C)OC(=O)C=C(c2cccc(-c3ocnc3CCOC=O)c2)O1. The van der Waals surface area contributed by atoms with Crippen LogP contribution in [0.3, 0.4) is 0 Å². The summed E-state index contributed by atoms with van der Waals surface area (Å²) in [5.41, 5.74) is 2.17. The first-order chi connectivity index (χ1) is 12.0. The Morgan fingerprint density at radius 1 is 1.24 bits per heavy atom. The number of hydrogen-bond donors (Lipinski definition) is 0. The molecule has 1 aliphatic rings. The van der Waals surface area contributed by atoms with Gasteiger partial charge in [-0.2, -0.15) is 0 Å². The largest absolute Gasteiger partial charge is 0.467 e. The molecule has 0 aliphatic carbocycles. The molecular weight excluding hydrogens is 326 g/mol. The van der Waals surface area contributed by atoms with Crippen LogP contribution < -0.4 is 0 Å². The summed E-state index contributed by atoms with van der Waals surface area (Å²) in [6, 6.07) is 7.36. The zero-order valence-corrected chi connectivity index (χ0v) is 13.9. The van der Waals surface area contributed by atoms with E-state index in [9.17, 15) is 9.59 Å². The predicted octanol–water partition coefficient (Wildman–Crippen LogP) is 2.71. The van der Waals surface area contributed by atoms with Crippen LogP contribution >= 0.6 is 0 Å². The van der Waals surface area contributed by atoms with E-state index in [0.29, 0.717) is 35.7 Å². The van der Waals surface area contributed by atoms with E-state index in [-0.39, 0.29) is 6.61 Å². The Bertz CT molecular complexity index is 820. The van der Waals surface area contributed by atoms with Gasteiger partial charge in [-0.1, -0.05) is 18.2 Å². The molecule has 0 fully saturated rings. The molecule has 1 aromatic heterocycles. The molecule has 0 saturated heterocycles. The Kier molecular flexibility index (Phi) is 4.56. The number of ether oxygens (including phenoxy) is 3. The first-order valence-corrected chi connectivity index (χ1v) is 7.70. The molecule has 0 N–H and O–H groups in total. The molecule has 2 aromatic rings. The highest BCUT2D eigenvalue weighted by Crippen LogP contribution is 2.31. The van der Waals surface area contributed by atoms with Crippen molar-refractivity contribution >= 4 is 18.2 Å². The highest BCUT2D eigenvalue weighted by molar-refractivity contribution is 5.91. The molecule has 0 amide bonds. The fraction of sp³-hybridized carbons (Fsp3) is 0.278. The fourth-order valence-electron chi connectivity index (χ4n) is 2.54. The first-order valence-electron chi connectivity index (χ1n) is 7.70. The van der Waals surface area contributed by atoms with Crippen molar-refractivity contribution in [2.75, 3.05) is 6.61 Å². The third kappa shape index (κ3) is 3.88. The maximum Gasteiger partial charge on any atom is 0.337 e. The number of aromatic nitrogens is 1. The number of esters is 1. The van der Waals surface area contributed by atoms with Crippen molar-refractivity contribution in [1.29, 1.82) is 0 Å². The molecule has 0 radical (unpaired) electrons. The van der Waals surface area contributed by atoms with E-state index in [0.717, 1.165) is 5.56 Å². The number of rotatable bonds is 6. The highest BCUT2D eigenvalue weighted by Gasteiger charge is 2.30. The molecule has 7 heteroatoms. The van der Waals surface area contributed by atoms with Gasteiger partial charge in [-0.15, -0.1) is 0 Å². The van der Waals surface area contributed by atoms with Crippen molar-refractivity contribution in [1.82, 2.24) is 4.98 Å². The Hall–Kier alpha value is -3.09. The van der Waals surface area contributed by atoms with Crippen LogP contribution in [-0.4, -0.2) is 29.8 Å². The molecule has 3 rings (SSSR count). The van der Waals surface area contributed by atoms with Gasteiger partial charge in [0, 0.05) is 31.4 Å². The van der Waals surface area contributed by atoms with E-state index in [1.165, 1.54) is 12.5 Å². The maximum absolute atomic E-state index is 11.7. The standard InChI is InChI=1S/C18H17NO6/c1-18(2)24-15(9-16(21)25-18)12-4-3-5-13(8-12)17-14(19-10-23-17)6-7-22-11-20/h3-5,8-11H,6-7H2,1-2H3. The summed E-state index contributed by atoms with van der Waals surface area (Å²) < 4.78 is 21.0. The van der Waals surface area contributed by atoms with Crippen molar-refractivity contribution in [3.05, 3.63) is 48.0 Å². The van der Waals surface area contributed by atoms with E-state index in [4.69, 9.17) is 18.6 Å². The molecule has 25 heavy (non-hydrogen) atoms. The lowest BCUT2D eigenvalue weighted by atomic mass is 10.0. The summed E-state index contributed by atoms with van der Waals surface area (Å²) >= 11 is 0. The van der Waals surface area contributed by atoms with Gasteiger partial charge in [0.1, 0.15) is 5.76 Å². The van der Waals surface area contributed by atoms with Crippen LogP contribution in [0.15, 0.2) is 41.2 Å². The summed E-state index contributed by atoms with van der Waals surface area (Å²) in [4.78, 5) is 26.1. The first kappa shape index (κ1) is 16.8. The van der Waals surface area contributed by atoms with Crippen LogP contribution in [0.25, 0.3) is 17.1 Å².